The van der Waals surface area contributed by atoms with Crippen molar-refractivity contribution in [3.63, 3.8) is 0 Å². The Labute approximate surface area is 147 Å². The van der Waals surface area contributed by atoms with Gasteiger partial charge in [-0.2, -0.15) is 0 Å². The molecule has 8 nitrogen and oxygen atoms in total. The number of aliphatic hydroxyl groups excluding tert-OH is 1. The predicted octanol–water partition coefficient (Wildman–Crippen LogP) is 0.640. The number of aliphatic hydroxyl groups is 1. The second kappa shape index (κ2) is 9.85. The molecule has 0 spiro atoms. The molecule has 1 unspecified atom stereocenters. The van der Waals surface area contributed by atoms with Gasteiger partial charge in [-0.1, -0.05) is 12.1 Å². The van der Waals surface area contributed by atoms with E-state index in [0.29, 0.717) is 17.9 Å². The van der Waals surface area contributed by atoms with Gasteiger partial charge in [-0.3, -0.25) is 0 Å². The number of nitrogens with two attached hydrogens (primary N) is 1. The van der Waals surface area contributed by atoms with Crippen molar-refractivity contribution in [2.24, 2.45) is 5.73 Å². The number of hydrogen-bond acceptors (Lipinski definition) is 6. The number of primary amides is 1. The highest BCUT2D eigenvalue weighted by Crippen LogP contribution is 2.19. The monoisotopic (exact) mass is 353 g/mol. The molecule has 1 aromatic rings. The summed E-state index contributed by atoms with van der Waals surface area (Å²) >= 11 is 0. The molecule has 1 rings (SSSR count). The molecule has 140 valence electrons. The molecule has 25 heavy (non-hydrogen) atoms. The van der Waals surface area contributed by atoms with E-state index < -0.39 is 23.6 Å². The van der Waals surface area contributed by atoms with Crippen molar-refractivity contribution in [2.45, 2.75) is 32.4 Å². The van der Waals surface area contributed by atoms with Crippen molar-refractivity contribution in [1.82, 2.24) is 10.6 Å². The van der Waals surface area contributed by atoms with E-state index in [1.807, 2.05) is 13.8 Å². The average Bonchev–Trinajstić information content (AvgIpc) is 2.57. The maximum Gasteiger partial charge on any atom is 0.341 e. The van der Waals surface area contributed by atoms with Crippen LogP contribution in [0.5, 0.6) is 5.75 Å². The largest absolute Gasteiger partial charge is 0.490 e. The third-order valence-electron chi connectivity index (χ3n) is 3.33. The molecule has 1 atom stereocenters. The van der Waals surface area contributed by atoms with Crippen molar-refractivity contribution in [3.05, 3.63) is 29.8 Å². The number of nitrogens with one attached hydrogen (secondary N) is 2. The van der Waals surface area contributed by atoms with Gasteiger partial charge in [-0.15, -0.1) is 0 Å². The Morgan fingerprint density at radius 2 is 2.00 bits per heavy atom. The van der Waals surface area contributed by atoms with Crippen LogP contribution in [0.25, 0.3) is 0 Å². The summed E-state index contributed by atoms with van der Waals surface area (Å²) in [5.74, 6) is -0.112. The minimum absolute atomic E-state index is 0.00272. The summed E-state index contributed by atoms with van der Waals surface area (Å²) < 4.78 is 10.5. The maximum absolute atomic E-state index is 11.9. The van der Waals surface area contributed by atoms with Crippen LogP contribution in [0.15, 0.2) is 24.3 Å². The number of urea groups is 1. The van der Waals surface area contributed by atoms with Crippen LogP contribution >= 0.6 is 0 Å². The molecule has 0 aliphatic rings. The normalized spacial score (nSPS) is 12.3. The smallest absolute Gasteiger partial charge is 0.341 e. The number of β-amino-alcohol motifs (C(OH)–C–C–N with tert-alkyl or cyclic N) is 1. The molecular weight excluding hydrogens is 326 g/mol. The fraction of sp³-hybridized carbons (Fsp3) is 0.529. The average molecular weight is 353 g/mol. The van der Waals surface area contributed by atoms with Gasteiger partial charge in [0, 0.05) is 18.6 Å². The fourth-order valence-electron chi connectivity index (χ4n) is 1.98. The van der Waals surface area contributed by atoms with E-state index in [0.717, 1.165) is 0 Å². The SMILES string of the molecule is CCOC(=O)c1ccccc1OCC(O)CNC(C)(C)CNC(N)=O. The van der Waals surface area contributed by atoms with E-state index in [-0.39, 0.29) is 19.8 Å². The third kappa shape index (κ3) is 7.86. The van der Waals surface area contributed by atoms with Gasteiger partial charge in [0.25, 0.3) is 0 Å². The van der Waals surface area contributed by atoms with Crippen LogP contribution in [0.1, 0.15) is 31.1 Å². The number of carbonyl (C=O) groups excluding carboxylic acids is 2. The molecule has 0 bridgehead atoms. The Hall–Kier alpha value is -2.32. The van der Waals surface area contributed by atoms with Gasteiger partial charge in [-0.25, -0.2) is 9.59 Å². The molecule has 0 fully saturated rings. The predicted molar refractivity (Wildman–Crippen MR) is 93.6 cm³/mol. The first-order valence-corrected chi connectivity index (χ1v) is 8.10. The number of ether oxygens (including phenoxy) is 2. The first kappa shape index (κ1) is 20.7. The van der Waals surface area contributed by atoms with E-state index >= 15 is 0 Å². The molecule has 0 heterocycles. The van der Waals surface area contributed by atoms with Gasteiger partial charge in [0.15, 0.2) is 0 Å². The van der Waals surface area contributed by atoms with Crippen molar-refractivity contribution < 1.29 is 24.2 Å². The van der Waals surface area contributed by atoms with Crippen LogP contribution in [-0.4, -0.2) is 55.1 Å². The zero-order valence-electron chi connectivity index (χ0n) is 14.9. The van der Waals surface area contributed by atoms with Gasteiger partial charge in [0.1, 0.15) is 24.0 Å². The number of amides is 2. The van der Waals surface area contributed by atoms with E-state index in [2.05, 4.69) is 10.6 Å². The molecule has 5 N–H and O–H groups in total. The van der Waals surface area contributed by atoms with E-state index in [4.69, 9.17) is 15.2 Å². The molecule has 1 aromatic carbocycles. The van der Waals surface area contributed by atoms with E-state index in [9.17, 15) is 14.7 Å². The Bertz CT molecular complexity index is 577. The van der Waals surface area contributed by atoms with Crippen LogP contribution in [0.4, 0.5) is 4.79 Å². The molecule has 0 aromatic heterocycles. The zero-order valence-corrected chi connectivity index (χ0v) is 14.9. The Morgan fingerprint density at radius 3 is 2.64 bits per heavy atom. The standard InChI is InChI=1S/C17H27N3O5/c1-4-24-15(22)13-7-5-6-8-14(13)25-10-12(21)9-20-17(2,3)11-19-16(18)23/h5-8,12,20-21H,4,9-11H2,1-3H3,(H3,18,19,23). The minimum atomic E-state index is -0.803. The lowest BCUT2D eigenvalue weighted by Gasteiger charge is -2.27. The van der Waals surface area contributed by atoms with Gasteiger partial charge in [0.05, 0.1) is 6.61 Å². The van der Waals surface area contributed by atoms with Crippen LogP contribution in [0.2, 0.25) is 0 Å². The number of esters is 1. The third-order valence-corrected chi connectivity index (χ3v) is 3.33. The summed E-state index contributed by atoms with van der Waals surface area (Å²) in [5, 5.41) is 15.7. The van der Waals surface area contributed by atoms with Crippen molar-refractivity contribution in [1.29, 1.82) is 0 Å². The molecule has 0 aliphatic carbocycles. The number of benzene rings is 1. The Kier molecular flexibility index (Phi) is 8.17. The Morgan fingerprint density at radius 1 is 1.32 bits per heavy atom. The van der Waals surface area contributed by atoms with Gasteiger partial charge in [-0.05, 0) is 32.9 Å². The summed E-state index contributed by atoms with van der Waals surface area (Å²) in [7, 11) is 0. The summed E-state index contributed by atoms with van der Waals surface area (Å²) in [6.07, 6.45) is -0.803. The minimum Gasteiger partial charge on any atom is -0.490 e. The van der Waals surface area contributed by atoms with Crippen molar-refractivity contribution >= 4 is 12.0 Å². The first-order chi connectivity index (χ1) is 11.7. The highest BCUT2D eigenvalue weighted by atomic mass is 16.5. The molecular formula is C17H27N3O5. The number of para-hydroxylation sites is 1. The lowest BCUT2D eigenvalue weighted by atomic mass is 10.1. The number of carbonyl (C=O) groups is 2. The highest BCUT2D eigenvalue weighted by molar-refractivity contribution is 5.92. The molecule has 8 heteroatoms. The molecule has 2 amide bonds. The van der Waals surface area contributed by atoms with Crippen LogP contribution in [0.3, 0.4) is 0 Å². The zero-order chi connectivity index (χ0) is 18.9. The lowest BCUT2D eigenvalue weighted by Crippen LogP contribution is -2.52. The van der Waals surface area contributed by atoms with E-state index in [1.54, 1.807) is 31.2 Å². The second-order valence-electron chi connectivity index (χ2n) is 6.16. The second-order valence-corrected chi connectivity index (χ2v) is 6.16. The molecule has 0 saturated carbocycles. The quantitative estimate of drug-likeness (QED) is 0.458. The van der Waals surface area contributed by atoms with Crippen LogP contribution < -0.4 is 21.1 Å². The molecule has 0 saturated heterocycles. The maximum atomic E-state index is 11.9. The fourth-order valence-corrected chi connectivity index (χ4v) is 1.98. The van der Waals surface area contributed by atoms with Crippen molar-refractivity contribution in [2.75, 3.05) is 26.3 Å². The van der Waals surface area contributed by atoms with E-state index in [1.165, 1.54) is 0 Å². The Balaban J connectivity index is 2.50. The molecule has 0 radical (unpaired) electrons. The topological polar surface area (TPSA) is 123 Å². The van der Waals surface area contributed by atoms with Gasteiger partial charge >= 0.3 is 12.0 Å². The van der Waals surface area contributed by atoms with Gasteiger partial charge < -0.3 is 30.9 Å². The van der Waals surface area contributed by atoms with Crippen molar-refractivity contribution in [3.8, 4) is 5.75 Å². The first-order valence-electron chi connectivity index (χ1n) is 8.10. The molecule has 0 aliphatic heterocycles. The number of hydrogen-bond donors (Lipinski definition) is 4. The summed E-state index contributed by atoms with van der Waals surface area (Å²) in [6.45, 7) is 6.30. The van der Waals surface area contributed by atoms with Gasteiger partial charge in [0.2, 0.25) is 0 Å². The summed E-state index contributed by atoms with van der Waals surface area (Å²) in [6, 6.07) is 6.10. The lowest BCUT2D eigenvalue weighted by molar-refractivity contribution is 0.0515. The van der Waals surface area contributed by atoms with Crippen LogP contribution in [-0.2, 0) is 4.74 Å². The summed E-state index contributed by atoms with van der Waals surface area (Å²) in [5.41, 5.74) is 4.91. The highest BCUT2D eigenvalue weighted by Gasteiger charge is 2.20. The van der Waals surface area contributed by atoms with Crippen LogP contribution in [0, 0.1) is 0 Å². The summed E-state index contributed by atoms with van der Waals surface area (Å²) in [4.78, 5) is 22.6. The number of rotatable bonds is 10.